The number of ether oxygens (including phenoxy) is 2. The zero-order valence-electron chi connectivity index (χ0n) is 18.5. The molecule has 1 heterocycles. The lowest BCUT2D eigenvalue weighted by atomic mass is 10.3. The lowest BCUT2D eigenvalue weighted by Gasteiger charge is -2.08. The van der Waals surface area contributed by atoms with E-state index in [1.54, 1.807) is 84.9 Å². The van der Waals surface area contributed by atoms with Gasteiger partial charge in [-0.05, 0) is 36.4 Å². The van der Waals surface area contributed by atoms with Crippen LogP contribution in [0.25, 0.3) is 0 Å². The number of nitrogens with zero attached hydrogens (tertiary/aromatic N) is 4. The molecule has 3 aromatic carbocycles. The largest absolute Gasteiger partial charge is 0.419 e. The Hall–Kier alpha value is -5.52. The predicted octanol–water partition coefficient (Wildman–Crippen LogP) is 4.76. The molecule has 4 rings (SSSR count). The molecule has 0 atom stereocenters. The van der Waals surface area contributed by atoms with Crippen molar-refractivity contribution in [3.8, 4) is 17.2 Å². The number of carbonyl (C=O) groups excluding carboxylic acids is 2. The summed E-state index contributed by atoms with van der Waals surface area (Å²) >= 11 is 0. The Labute approximate surface area is 204 Å². The van der Waals surface area contributed by atoms with Crippen LogP contribution in [0, 0.1) is 0 Å². The zero-order valence-corrected chi connectivity index (χ0v) is 18.5. The maximum Gasteiger partial charge on any atom is 0.419 e. The van der Waals surface area contributed by atoms with Crippen LogP contribution < -0.4 is 25.0 Å². The van der Waals surface area contributed by atoms with Crippen LogP contribution in [0.2, 0.25) is 0 Å². The van der Waals surface area contributed by atoms with Crippen molar-refractivity contribution in [2.45, 2.75) is 0 Å². The van der Waals surface area contributed by atoms with Gasteiger partial charge in [-0.1, -0.05) is 54.6 Å². The van der Waals surface area contributed by atoms with Gasteiger partial charge in [0.15, 0.2) is 5.75 Å². The lowest BCUT2D eigenvalue weighted by molar-refractivity contribution is -0.109. The van der Waals surface area contributed by atoms with Gasteiger partial charge in [-0.3, -0.25) is 20.4 Å². The third kappa shape index (κ3) is 7.52. The van der Waals surface area contributed by atoms with Crippen LogP contribution in [0.3, 0.4) is 0 Å². The van der Waals surface area contributed by atoms with Gasteiger partial charge in [0.25, 0.3) is 5.95 Å². The minimum Gasteiger partial charge on any atom is -0.410 e. The molecule has 12 heteroatoms. The second-order valence-corrected chi connectivity index (χ2v) is 6.66. The number of aliphatic imine (C=N–C) groups is 1. The Morgan fingerprint density at radius 1 is 0.639 bits per heavy atom. The Morgan fingerprint density at radius 3 is 1.56 bits per heavy atom. The molecule has 0 spiro atoms. The number of benzene rings is 3. The molecule has 0 aliphatic heterocycles. The van der Waals surface area contributed by atoms with E-state index in [-0.39, 0.29) is 17.8 Å². The smallest absolute Gasteiger partial charge is 0.410 e. The Balaban J connectivity index is 1.46. The number of rotatable bonds is 8. The van der Waals surface area contributed by atoms with E-state index in [0.29, 0.717) is 17.2 Å². The molecule has 0 aliphatic carbocycles. The molecule has 36 heavy (non-hydrogen) atoms. The van der Waals surface area contributed by atoms with Crippen LogP contribution in [0.1, 0.15) is 0 Å². The van der Waals surface area contributed by atoms with Crippen molar-refractivity contribution in [3.63, 3.8) is 0 Å². The molecule has 180 valence electrons. The van der Waals surface area contributed by atoms with Gasteiger partial charge in [0.1, 0.15) is 11.5 Å². The molecule has 0 fully saturated rings. The van der Waals surface area contributed by atoms with Crippen LogP contribution in [-0.2, 0) is 4.89 Å². The topological polar surface area (TPSA) is 146 Å². The number of nitrogens with one attached hydrogen (secondary N) is 2. The van der Waals surface area contributed by atoms with Gasteiger partial charge in [-0.25, -0.2) is 9.59 Å². The van der Waals surface area contributed by atoms with Crippen molar-refractivity contribution in [2.24, 2.45) is 4.99 Å². The summed E-state index contributed by atoms with van der Waals surface area (Å²) in [6.07, 6.45) is -0.812. The van der Waals surface area contributed by atoms with Gasteiger partial charge >= 0.3 is 12.2 Å². The fourth-order valence-electron chi connectivity index (χ4n) is 2.58. The second-order valence-electron chi connectivity index (χ2n) is 6.66. The molecule has 0 bridgehead atoms. The van der Waals surface area contributed by atoms with Gasteiger partial charge in [-0.15, -0.1) is 0 Å². The van der Waals surface area contributed by atoms with Crippen molar-refractivity contribution >= 4 is 36.4 Å². The summed E-state index contributed by atoms with van der Waals surface area (Å²) in [6.45, 7) is 0. The molecule has 2 amide bonds. The molecule has 12 nitrogen and oxygen atoms in total. The predicted molar refractivity (Wildman–Crippen MR) is 128 cm³/mol. The highest BCUT2D eigenvalue weighted by molar-refractivity contribution is 5.86. The van der Waals surface area contributed by atoms with Crippen molar-refractivity contribution in [2.75, 3.05) is 10.6 Å². The van der Waals surface area contributed by atoms with E-state index >= 15 is 0 Å². The highest BCUT2D eigenvalue weighted by Gasteiger charge is 2.14. The molecular weight excluding hydrogens is 468 g/mol. The van der Waals surface area contributed by atoms with E-state index in [0.717, 1.165) is 6.40 Å². The van der Waals surface area contributed by atoms with Gasteiger partial charge in [0, 0.05) is 0 Å². The lowest BCUT2D eigenvalue weighted by Crippen LogP contribution is -2.21. The van der Waals surface area contributed by atoms with Gasteiger partial charge < -0.3 is 9.47 Å². The fourth-order valence-corrected chi connectivity index (χ4v) is 2.58. The molecule has 1 aromatic heterocycles. The minimum absolute atomic E-state index is 0.216. The maximum absolute atomic E-state index is 12.3. The molecular formula is C24H18N6O6. The van der Waals surface area contributed by atoms with Crippen molar-refractivity contribution < 1.29 is 28.8 Å². The van der Waals surface area contributed by atoms with E-state index in [1.165, 1.54) is 0 Å². The molecule has 0 unspecified atom stereocenters. The van der Waals surface area contributed by atoms with E-state index < -0.39 is 12.2 Å². The quantitative estimate of drug-likeness (QED) is 0.156. The number of para-hydroxylation sites is 3. The number of carbonyl (C=O) groups is 2. The normalized spacial score (nSPS) is 10.3. The van der Waals surface area contributed by atoms with Crippen LogP contribution in [0.4, 0.5) is 27.4 Å². The molecule has 0 saturated carbocycles. The first kappa shape index (κ1) is 23.6. The summed E-state index contributed by atoms with van der Waals surface area (Å²) in [4.78, 5) is 50.3. The Kier molecular flexibility index (Phi) is 7.93. The number of aromatic nitrogens is 3. The third-order valence-electron chi connectivity index (χ3n) is 4.06. The Bertz CT molecular complexity index is 1250. The number of hydrogen-bond acceptors (Lipinski definition) is 10. The van der Waals surface area contributed by atoms with Gasteiger partial charge in [-0.2, -0.15) is 19.9 Å². The summed E-state index contributed by atoms with van der Waals surface area (Å²) in [6, 6.07) is 25.5. The van der Waals surface area contributed by atoms with E-state index in [9.17, 15) is 9.59 Å². The first-order chi connectivity index (χ1) is 17.6. The summed E-state index contributed by atoms with van der Waals surface area (Å²) in [5.74, 6) is 0.328. The number of anilines is 2. The number of amides is 2. The molecule has 0 saturated heterocycles. The molecule has 2 N–H and O–H groups in total. The first-order valence-electron chi connectivity index (χ1n) is 10.4. The van der Waals surface area contributed by atoms with Crippen LogP contribution in [0.15, 0.2) is 96.0 Å². The summed E-state index contributed by atoms with van der Waals surface area (Å²) in [5, 5.41) is 4.70. The highest BCUT2D eigenvalue weighted by Crippen LogP contribution is 2.15. The third-order valence-corrected chi connectivity index (χ3v) is 4.06. The van der Waals surface area contributed by atoms with E-state index in [1.807, 2.05) is 6.07 Å². The minimum atomic E-state index is -0.871. The van der Waals surface area contributed by atoms with Crippen LogP contribution in [-0.4, -0.2) is 33.5 Å². The van der Waals surface area contributed by atoms with Crippen molar-refractivity contribution in [3.05, 3.63) is 91.0 Å². The summed E-state index contributed by atoms with van der Waals surface area (Å²) in [7, 11) is 0. The molecule has 0 aliphatic rings. The second kappa shape index (κ2) is 12.1. The van der Waals surface area contributed by atoms with Crippen LogP contribution >= 0.6 is 0 Å². The average Bonchev–Trinajstić information content (AvgIpc) is 2.88. The fraction of sp³-hybridized carbons (Fsp3) is 0. The molecule has 0 radical (unpaired) electrons. The summed E-state index contributed by atoms with van der Waals surface area (Å²) < 4.78 is 10.3. The standard InChI is InChI=1S/C24H18N6O6/c31-23(34-17-10-4-1-5-11-17)29-21-26-20(25-16-33-36-19-14-8-3-9-15-19)27-22(28-21)30-24(32)35-18-12-6-2-7-13-18/h1-16H,(H2,26,27,28,29,30,31,32)/b25-16+. The SMILES string of the molecule is O=C(Nc1nc(/N=C/OOc2ccccc2)nc(NC(=O)Oc2ccccc2)n1)Oc1ccccc1. The van der Waals surface area contributed by atoms with Crippen LogP contribution in [0.5, 0.6) is 17.2 Å². The first-order valence-corrected chi connectivity index (χ1v) is 10.4. The van der Waals surface area contributed by atoms with E-state index in [2.05, 4.69) is 30.6 Å². The average molecular weight is 486 g/mol. The van der Waals surface area contributed by atoms with Crippen molar-refractivity contribution in [1.82, 2.24) is 15.0 Å². The summed E-state index contributed by atoms with van der Waals surface area (Å²) in [5.41, 5.74) is 0. The zero-order chi connectivity index (χ0) is 25.0. The Morgan fingerprint density at radius 2 is 1.08 bits per heavy atom. The van der Waals surface area contributed by atoms with Gasteiger partial charge in [0.05, 0.1) is 0 Å². The van der Waals surface area contributed by atoms with Crippen molar-refractivity contribution in [1.29, 1.82) is 0 Å². The highest BCUT2D eigenvalue weighted by atomic mass is 17.2. The van der Waals surface area contributed by atoms with Gasteiger partial charge in [0.2, 0.25) is 18.3 Å². The number of hydrogen-bond donors (Lipinski definition) is 2. The monoisotopic (exact) mass is 486 g/mol. The maximum atomic E-state index is 12.3. The molecule has 4 aromatic rings. The van der Waals surface area contributed by atoms with E-state index in [4.69, 9.17) is 19.2 Å².